The molecule has 0 radical (unpaired) electrons. The molecule has 0 spiro atoms. The second-order valence-electron chi connectivity index (χ2n) is 4.42. The summed E-state index contributed by atoms with van der Waals surface area (Å²) in [7, 11) is 0. The van der Waals surface area contributed by atoms with Gasteiger partial charge in [-0.15, -0.1) is 0 Å². The molecule has 15 heavy (non-hydrogen) atoms. The normalized spacial score (nSPS) is 20.3. The summed E-state index contributed by atoms with van der Waals surface area (Å²) in [5.41, 5.74) is 1.10. The van der Waals surface area contributed by atoms with Crippen LogP contribution in [0.2, 0.25) is 0 Å². The van der Waals surface area contributed by atoms with Gasteiger partial charge in [0.25, 0.3) is 0 Å². The molecule has 0 amide bonds. The van der Waals surface area contributed by atoms with Crippen LogP contribution in [-0.4, -0.2) is 17.8 Å². The minimum absolute atomic E-state index is 0.276. The molecule has 0 aliphatic carbocycles. The first kappa shape index (κ1) is 12.6. The van der Waals surface area contributed by atoms with Crippen molar-refractivity contribution in [2.24, 2.45) is 5.92 Å². The molecule has 1 aliphatic heterocycles. The van der Waals surface area contributed by atoms with Crippen LogP contribution in [-0.2, 0) is 4.74 Å². The average molecular weight is 212 g/mol. The average Bonchev–Trinajstić information content (AvgIpc) is 2.31. The zero-order chi connectivity index (χ0) is 11.1. The second kappa shape index (κ2) is 6.89. The molecule has 1 aliphatic rings. The minimum Gasteiger partial charge on any atom is -0.501 e. The predicted molar refractivity (Wildman–Crippen MR) is 62.6 cm³/mol. The fourth-order valence-corrected chi connectivity index (χ4v) is 2.16. The molecule has 88 valence electrons. The Morgan fingerprint density at radius 3 is 2.80 bits per heavy atom. The van der Waals surface area contributed by atoms with Gasteiger partial charge >= 0.3 is 0 Å². The number of hydrogen-bond acceptors (Lipinski definition) is 2. The molecule has 1 rings (SSSR count). The van der Waals surface area contributed by atoms with Crippen molar-refractivity contribution in [2.75, 3.05) is 6.61 Å². The van der Waals surface area contributed by atoms with E-state index in [1.54, 1.807) is 6.26 Å². The van der Waals surface area contributed by atoms with Crippen LogP contribution in [0.4, 0.5) is 0 Å². The third-order valence-corrected chi connectivity index (χ3v) is 3.24. The Balaban J connectivity index is 2.47. The van der Waals surface area contributed by atoms with Crippen molar-refractivity contribution in [1.82, 2.24) is 0 Å². The van der Waals surface area contributed by atoms with Crippen LogP contribution in [0.25, 0.3) is 0 Å². The van der Waals surface area contributed by atoms with Crippen molar-refractivity contribution in [3.63, 3.8) is 0 Å². The summed E-state index contributed by atoms with van der Waals surface area (Å²) in [6.45, 7) is 5.16. The third kappa shape index (κ3) is 3.86. The van der Waals surface area contributed by atoms with Crippen LogP contribution in [0.5, 0.6) is 0 Å². The molecule has 1 heterocycles. The molecular formula is C13H24O2. The van der Waals surface area contributed by atoms with Crippen molar-refractivity contribution in [2.45, 2.75) is 58.5 Å². The van der Waals surface area contributed by atoms with Gasteiger partial charge in [0.2, 0.25) is 0 Å². The maximum Gasteiger partial charge on any atom is 0.0876 e. The first-order valence-electron chi connectivity index (χ1n) is 6.28. The van der Waals surface area contributed by atoms with E-state index in [0.717, 1.165) is 37.9 Å². The van der Waals surface area contributed by atoms with E-state index in [1.165, 1.54) is 12.8 Å². The lowest BCUT2D eigenvalue weighted by Gasteiger charge is -2.25. The molecule has 0 saturated heterocycles. The van der Waals surface area contributed by atoms with Crippen LogP contribution in [0, 0.1) is 5.92 Å². The quantitative estimate of drug-likeness (QED) is 0.732. The lowest BCUT2D eigenvalue weighted by atomic mass is 9.87. The Bertz CT molecular complexity index is 199. The standard InChI is InChI=1S/C13H24O2/c1-3-5-7-11(4-2)13(14)12-8-6-9-15-10-12/h10-11,13-14H,3-9H2,1-2H3. The molecule has 0 fully saturated rings. The second-order valence-corrected chi connectivity index (χ2v) is 4.42. The topological polar surface area (TPSA) is 29.5 Å². The fourth-order valence-electron chi connectivity index (χ4n) is 2.16. The summed E-state index contributed by atoms with van der Waals surface area (Å²) in [5.74, 6) is 0.415. The zero-order valence-corrected chi connectivity index (χ0v) is 10.0. The molecule has 0 aromatic rings. The highest BCUT2D eigenvalue weighted by molar-refractivity contribution is 5.08. The predicted octanol–water partition coefficient (Wildman–Crippen LogP) is 3.26. The van der Waals surface area contributed by atoms with Gasteiger partial charge in [0.15, 0.2) is 0 Å². The molecule has 0 bridgehead atoms. The molecule has 0 saturated carbocycles. The Hall–Kier alpha value is -0.500. The maximum atomic E-state index is 10.2. The maximum absolute atomic E-state index is 10.2. The lowest BCUT2D eigenvalue weighted by molar-refractivity contribution is 0.111. The molecule has 2 atom stereocenters. The molecule has 1 N–H and O–H groups in total. The van der Waals surface area contributed by atoms with Gasteiger partial charge in [0.05, 0.1) is 19.0 Å². The van der Waals surface area contributed by atoms with Crippen molar-refractivity contribution in [1.29, 1.82) is 0 Å². The first-order chi connectivity index (χ1) is 7.29. The van der Waals surface area contributed by atoms with E-state index < -0.39 is 0 Å². The van der Waals surface area contributed by atoms with E-state index in [-0.39, 0.29) is 6.10 Å². The minimum atomic E-state index is -0.276. The van der Waals surface area contributed by atoms with Crippen molar-refractivity contribution >= 4 is 0 Å². The van der Waals surface area contributed by atoms with Gasteiger partial charge in [-0.25, -0.2) is 0 Å². The number of ether oxygens (including phenoxy) is 1. The summed E-state index contributed by atoms with van der Waals surface area (Å²) in [5, 5.41) is 10.2. The van der Waals surface area contributed by atoms with Crippen LogP contribution >= 0.6 is 0 Å². The molecular weight excluding hydrogens is 188 g/mol. The smallest absolute Gasteiger partial charge is 0.0876 e. The van der Waals surface area contributed by atoms with Gasteiger partial charge in [0.1, 0.15) is 0 Å². The van der Waals surface area contributed by atoms with Gasteiger partial charge in [-0.1, -0.05) is 33.1 Å². The summed E-state index contributed by atoms with van der Waals surface area (Å²) >= 11 is 0. The van der Waals surface area contributed by atoms with Gasteiger partial charge in [-0.3, -0.25) is 0 Å². The lowest BCUT2D eigenvalue weighted by Crippen LogP contribution is -2.24. The summed E-state index contributed by atoms with van der Waals surface area (Å²) in [6, 6.07) is 0. The summed E-state index contributed by atoms with van der Waals surface area (Å²) < 4.78 is 5.28. The van der Waals surface area contributed by atoms with Crippen molar-refractivity contribution in [3.05, 3.63) is 11.8 Å². The highest BCUT2D eigenvalue weighted by Crippen LogP contribution is 2.26. The van der Waals surface area contributed by atoms with Crippen LogP contribution in [0.1, 0.15) is 52.4 Å². The Morgan fingerprint density at radius 2 is 2.27 bits per heavy atom. The Kier molecular flexibility index (Phi) is 5.77. The summed E-state index contributed by atoms with van der Waals surface area (Å²) in [6.07, 6.45) is 8.16. The van der Waals surface area contributed by atoms with E-state index >= 15 is 0 Å². The van der Waals surface area contributed by atoms with Gasteiger partial charge < -0.3 is 9.84 Å². The highest BCUT2D eigenvalue weighted by atomic mass is 16.5. The van der Waals surface area contributed by atoms with E-state index in [0.29, 0.717) is 5.92 Å². The van der Waals surface area contributed by atoms with E-state index in [9.17, 15) is 5.11 Å². The van der Waals surface area contributed by atoms with Crippen LogP contribution < -0.4 is 0 Å². The van der Waals surface area contributed by atoms with Crippen LogP contribution in [0.3, 0.4) is 0 Å². The van der Waals surface area contributed by atoms with Gasteiger partial charge in [-0.05, 0) is 30.8 Å². The fraction of sp³-hybridized carbons (Fsp3) is 0.846. The number of aliphatic hydroxyl groups excluding tert-OH is 1. The molecule has 0 aromatic heterocycles. The number of unbranched alkanes of at least 4 members (excludes halogenated alkanes) is 1. The highest BCUT2D eigenvalue weighted by Gasteiger charge is 2.22. The van der Waals surface area contributed by atoms with Crippen molar-refractivity contribution in [3.8, 4) is 0 Å². The third-order valence-electron chi connectivity index (χ3n) is 3.24. The molecule has 2 nitrogen and oxygen atoms in total. The van der Waals surface area contributed by atoms with Gasteiger partial charge in [0, 0.05) is 0 Å². The SMILES string of the molecule is CCCCC(CC)C(O)C1=COCCC1. The monoisotopic (exact) mass is 212 g/mol. The van der Waals surface area contributed by atoms with Gasteiger partial charge in [-0.2, -0.15) is 0 Å². The molecule has 2 heteroatoms. The Morgan fingerprint density at radius 1 is 1.47 bits per heavy atom. The van der Waals surface area contributed by atoms with E-state index in [4.69, 9.17) is 4.74 Å². The molecule has 2 unspecified atom stereocenters. The first-order valence-corrected chi connectivity index (χ1v) is 6.28. The molecule has 0 aromatic carbocycles. The zero-order valence-electron chi connectivity index (χ0n) is 10.0. The Labute approximate surface area is 93.3 Å². The van der Waals surface area contributed by atoms with Crippen molar-refractivity contribution < 1.29 is 9.84 Å². The van der Waals surface area contributed by atoms with E-state index in [2.05, 4.69) is 13.8 Å². The largest absolute Gasteiger partial charge is 0.501 e. The van der Waals surface area contributed by atoms with E-state index in [1.807, 2.05) is 0 Å². The number of rotatable bonds is 6. The number of aliphatic hydroxyl groups is 1. The number of hydrogen-bond donors (Lipinski definition) is 1. The van der Waals surface area contributed by atoms with Crippen LogP contribution in [0.15, 0.2) is 11.8 Å². The summed E-state index contributed by atoms with van der Waals surface area (Å²) in [4.78, 5) is 0.